The molecule has 1 aliphatic rings. The maximum atomic E-state index is 12.0. The maximum absolute atomic E-state index is 12.0. The summed E-state index contributed by atoms with van der Waals surface area (Å²) >= 11 is 1.67. The number of rotatable bonds is 6. The zero-order chi connectivity index (χ0) is 14.4. The van der Waals surface area contributed by atoms with Gasteiger partial charge in [0.25, 0.3) is 0 Å². The molecule has 0 saturated carbocycles. The van der Waals surface area contributed by atoms with Crippen LogP contribution in [-0.4, -0.2) is 24.0 Å². The molecule has 1 aliphatic heterocycles. The molecule has 0 bridgehead atoms. The second kappa shape index (κ2) is 7.74. The van der Waals surface area contributed by atoms with Crippen molar-refractivity contribution in [3.63, 3.8) is 0 Å². The normalized spacial score (nSPS) is 17.9. The van der Waals surface area contributed by atoms with Gasteiger partial charge in [0.1, 0.15) is 0 Å². The van der Waals surface area contributed by atoms with Gasteiger partial charge in [-0.05, 0) is 51.6 Å². The lowest BCUT2D eigenvalue weighted by Crippen LogP contribution is -2.30. The fourth-order valence-electron chi connectivity index (χ4n) is 2.58. The van der Waals surface area contributed by atoms with Crippen LogP contribution in [0.25, 0.3) is 0 Å². The summed E-state index contributed by atoms with van der Waals surface area (Å²) in [7, 11) is 0. The number of hydrogen-bond donors (Lipinski definition) is 2. The second-order valence-corrected chi connectivity index (χ2v) is 6.48. The monoisotopic (exact) mass is 295 g/mol. The van der Waals surface area contributed by atoms with Gasteiger partial charge < -0.3 is 10.6 Å². The smallest absolute Gasteiger partial charge is 0.220 e. The van der Waals surface area contributed by atoms with Crippen LogP contribution in [0.4, 0.5) is 0 Å². The summed E-state index contributed by atoms with van der Waals surface area (Å²) in [6, 6.07) is 0.0204. The predicted molar refractivity (Wildman–Crippen MR) is 82.9 cm³/mol. The highest BCUT2D eigenvalue weighted by molar-refractivity contribution is 7.09. The lowest BCUT2D eigenvalue weighted by Gasteiger charge is -2.22. The number of piperidine rings is 1. The molecule has 2 rings (SSSR count). The van der Waals surface area contributed by atoms with Crippen LogP contribution < -0.4 is 10.6 Å². The third-order valence-electron chi connectivity index (χ3n) is 3.93. The predicted octanol–water partition coefficient (Wildman–Crippen LogP) is 2.66. The number of amides is 1. The maximum Gasteiger partial charge on any atom is 0.220 e. The van der Waals surface area contributed by atoms with Crippen molar-refractivity contribution in [1.29, 1.82) is 0 Å². The van der Waals surface area contributed by atoms with Crippen LogP contribution in [-0.2, 0) is 11.2 Å². The Morgan fingerprint density at radius 1 is 1.55 bits per heavy atom. The van der Waals surface area contributed by atoms with Gasteiger partial charge in [0.05, 0.1) is 16.7 Å². The van der Waals surface area contributed by atoms with E-state index < -0.39 is 0 Å². The van der Waals surface area contributed by atoms with Crippen LogP contribution in [0.2, 0.25) is 0 Å². The van der Waals surface area contributed by atoms with Gasteiger partial charge >= 0.3 is 0 Å². The van der Waals surface area contributed by atoms with Gasteiger partial charge in [-0.2, -0.15) is 0 Å². The number of aryl methyl sites for hydroxylation is 1. The van der Waals surface area contributed by atoms with Crippen LogP contribution in [0.3, 0.4) is 0 Å². The Morgan fingerprint density at radius 2 is 2.30 bits per heavy atom. The van der Waals surface area contributed by atoms with Crippen LogP contribution in [0, 0.1) is 5.92 Å². The summed E-state index contributed by atoms with van der Waals surface area (Å²) in [6.45, 7) is 6.31. The summed E-state index contributed by atoms with van der Waals surface area (Å²) < 4.78 is 0. The minimum Gasteiger partial charge on any atom is -0.348 e. The van der Waals surface area contributed by atoms with E-state index in [1.807, 2.05) is 6.92 Å². The first-order chi connectivity index (χ1) is 9.69. The first-order valence-corrected chi connectivity index (χ1v) is 8.51. The van der Waals surface area contributed by atoms with E-state index >= 15 is 0 Å². The second-order valence-electron chi connectivity index (χ2n) is 5.54. The van der Waals surface area contributed by atoms with E-state index in [0.29, 0.717) is 12.3 Å². The number of hydrogen-bond acceptors (Lipinski definition) is 4. The molecule has 0 radical (unpaired) electrons. The van der Waals surface area contributed by atoms with E-state index in [1.165, 1.54) is 12.8 Å². The van der Waals surface area contributed by atoms with Crippen molar-refractivity contribution in [2.24, 2.45) is 5.92 Å². The summed E-state index contributed by atoms with van der Waals surface area (Å²) in [6.07, 6.45) is 5.02. The molecule has 112 valence electrons. The number of carbonyl (C=O) groups excluding carboxylic acids is 1. The molecule has 1 unspecified atom stereocenters. The van der Waals surface area contributed by atoms with Crippen LogP contribution in [0.15, 0.2) is 5.38 Å². The largest absolute Gasteiger partial charge is 0.348 e. The molecule has 2 N–H and O–H groups in total. The molecule has 1 saturated heterocycles. The SMILES string of the molecule is CCc1nc(C(C)NC(=O)CCC2CCNCC2)cs1. The van der Waals surface area contributed by atoms with E-state index in [0.717, 1.165) is 36.6 Å². The van der Waals surface area contributed by atoms with Crippen LogP contribution >= 0.6 is 11.3 Å². The van der Waals surface area contributed by atoms with Crippen LogP contribution in [0.1, 0.15) is 56.3 Å². The Kier molecular flexibility index (Phi) is 5.98. The minimum absolute atomic E-state index is 0.0204. The molecule has 1 amide bonds. The van der Waals surface area contributed by atoms with E-state index in [9.17, 15) is 4.79 Å². The Balaban J connectivity index is 1.72. The summed E-state index contributed by atoms with van der Waals surface area (Å²) in [5.74, 6) is 0.866. The van der Waals surface area contributed by atoms with Crippen molar-refractivity contribution in [3.8, 4) is 0 Å². The molecular formula is C15H25N3OS. The Bertz CT molecular complexity index is 427. The Morgan fingerprint density at radius 3 is 2.95 bits per heavy atom. The highest BCUT2D eigenvalue weighted by atomic mass is 32.1. The highest BCUT2D eigenvalue weighted by Gasteiger charge is 2.16. The molecule has 4 nitrogen and oxygen atoms in total. The van der Waals surface area contributed by atoms with Crippen molar-refractivity contribution >= 4 is 17.2 Å². The standard InChI is InChI=1S/C15H25N3OS/c1-3-15-18-13(10-20-15)11(2)17-14(19)5-4-12-6-8-16-9-7-12/h10-12,16H,3-9H2,1-2H3,(H,17,19). The first kappa shape index (κ1) is 15.4. The molecule has 0 aliphatic carbocycles. The summed E-state index contributed by atoms with van der Waals surface area (Å²) in [5.41, 5.74) is 0.988. The Labute approximate surface area is 125 Å². The quantitative estimate of drug-likeness (QED) is 0.848. The fourth-order valence-corrected chi connectivity index (χ4v) is 3.42. The topological polar surface area (TPSA) is 54.0 Å². The average Bonchev–Trinajstić information content (AvgIpc) is 2.95. The molecule has 0 spiro atoms. The molecule has 2 heterocycles. The minimum atomic E-state index is 0.0204. The van der Waals surface area contributed by atoms with Crippen molar-refractivity contribution in [3.05, 3.63) is 16.1 Å². The van der Waals surface area contributed by atoms with E-state index in [2.05, 4.69) is 27.9 Å². The molecular weight excluding hydrogens is 270 g/mol. The zero-order valence-corrected chi connectivity index (χ0v) is 13.3. The zero-order valence-electron chi connectivity index (χ0n) is 12.4. The molecule has 1 aromatic heterocycles. The van der Waals surface area contributed by atoms with Gasteiger partial charge in [-0.15, -0.1) is 11.3 Å². The van der Waals surface area contributed by atoms with E-state index in [4.69, 9.17) is 0 Å². The average molecular weight is 295 g/mol. The molecule has 1 aromatic rings. The third-order valence-corrected chi connectivity index (χ3v) is 4.94. The molecule has 0 aromatic carbocycles. The van der Waals surface area contributed by atoms with Crippen molar-refractivity contribution in [2.75, 3.05) is 13.1 Å². The molecule has 1 atom stereocenters. The van der Waals surface area contributed by atoms with Gasteiger partial charge in [-0.25, -0.2) is 4.98 Å². The van der Waals surface area contributed by atoms with Gasteiger partial charge in [0.2, 0.25) is 5.91 Å². The molecule has 5 heteroatoms. The van der Waals surface area contributed by atoms with Crippen molar-refractivity contribution in [2.45, 2.75) is 52.0 Å². The van der Waals surface area contributed by atoms with Gasteiger partial charge in [0.15, 0.2) is 0 Å². The van der Waals surface area contributed by atoms with Crippen molar-refractivity contribution in [1.82, 2.24) is 15.6 Å². The number of aromatic nitrogens is 1. The Hall–Kier alpha value is -0.940. The number of carbonyl (C=O) groups is 1. The number of nitrogens with one attached hydrogen (secondary N) is 2. The van der Waals surface area contributed by atoms with Gasteiger partial charge in [0, 0.05) is 11.8 Å². The summed E-state index contributed by atoms with van der Waals surface area (Å²) in [4.78, 5) is 16.5. The third kappa shape index (κ3) is 4.56. The number of thiazole rings is 1. The van der Waals surface area contributed by atoms with Gasteiger partial charge in [-0.3, -0.25) is 4.79 Å². The van der Waals surface area contributed by atoms with Crippen LogP contribution in [0.5, 0.6) is 0 Å². The lowest BCUT2D eigenvalue weighted by molar-refractivity contribution is -0.122. The van der Waals surface area contributed by atoms with E-state index in [1.54, 1.807) is 11.3 Å². The first-order valence-electron chi connectivity index (χ1n) is 7.63. The fraction of sp³-hybridized carbons (Fsp3) is 0.733. The lowest BCUT2D eigenvalue weighted by atomic mass is 9.93. The van der Waals surface area contributed by atoms with Crippen molar-refractivity contribution < 1.29 is 4.79 Å². The van der Waals surface area contributed by atoms with Gasteiger partial charge in [-0.1, -0.05) is 6.92 Å². The summed E-state index contributed by atoms with van der Waals surface area (Å²) in [5, 5.41) is 9.61. The highest BCUT2D eigenvalue weighted by Crippen LogP contribution is 2.19. The molecule has 20 heavy (non-hydrogen) atoms. The van der Waals surface area contributed by atoms with E-state index in [-0.39, 0.29) is 11.9 Å². The number of nitrogens with zero attached hydrogens (tertiary/aromatic N) is 1. The molecule has 1 fully saturated rings.